The van der Waals surface area contributed by atoms with Crippen LogP contribution in [-0.4, -0.2) is 37.9 Å². The van der Waals surface area contributed by atoms with Gasteiger partial charge in [-0.05, 0) is 48.9 Å². The number of nitrogens with zero attached hydrogens (tertiary/aromatic N) is 4. The molecule has 0 aliphatic carbocycles. The molecule has 1 atom stereocenters. The molecule has 0 bridgehead atoms. The fourth-order valence-electron chi connectivity index (χ4n) is 4.39. The summed E-state index contributed by atoms with van der Waals surface area (Å²) < 4.78 is 5.48. The lowest BCUT2D eigenvalue weighted by Gasteiger charge is -2.33. The number of benzene rings is 3. The van der Waals surface area contributed by atoms with Gasteiger partial charge >= 0.3 is 0 Å². The van der Waals surface area contributed by atoms with E-state index in [4.69, 9.17) is 9.84 Å². The minimum atomic E-state index is -0.262. The second-order valence-corrected chi connectivity index (χ2v) is 8.43. The minimum Gasteiger partial charge on any atom is -0.378 e. The molecule has 0 spiro atoms. The summed E-state index contributed by atoms with van der Waals surface area (Å²) in [5.41, 5.74) is 5.29. The molecular weight excluding hydrogens is 412 g/mol. The summed E-state index contributed by atoms with van der Waals surface area (Å²) in [5.74, 6) is 0.367. The van der Waals surface area contributed by atoms with Crippen LogP contribution >= 0.6 is 0 Å². The number of ketones is 1. The number of carbonyl (C=O) groups excluding carboxylic acids is 1. The van der Waals surface area contributed by atoms with Crippen LogP contribution in [0.2, 0.25) is 0 Å². The van der Waals surface area contributed by atoms with Crippen LogP contribution in [0.5, 0.6) is 0 Å². The van der Waals surface area contributed by atoms with Gasteiger partial charge in [-0.25, -0.2) is 5.01 Å². The standard InChI is InChI=1S/C27H28N4O2/c1-20-8-10-25(11-9-20)31-27(22-6-4-3-5-7-22)30(26(28-31)21(2)32)24-14-12-23(13-15-24)29-16-18-33-19-17-29/h3-15,27H,16-19H2,1-2H3/t27-/m1/s1. The zero-order chi connectivity index (χ0) is 22.8. The predicted octanol–water partition coefficient (Wildman–Crippen LogP) is 4.76. The molecule has 168 valence electrons. The molecule has 0 unspecified atom stereocenters. The van der Waals surface area contributed by atoms with Gasteiger partial charge in [0.15, 0.2) is 17.8 Å². The maximum absolute atomic E-state index is 12.7. The van der Waals surface area contributed by atoms with Crippen molar-refractivity contribution in [1.29, 1.82) is 0 Å². The Morgan fingerprint density at radius 1 is 0.848 bits per heavy atom. The Morgan fingerprint density at radius 3 is 2.09 bits per heavy atom. The highest BCUT2D eigenvalue weighted by Gasteiger charge is 2.39. The van der Waals surface area contributed by atoms with Gasteiger partial charge in [0.05, 0.1) is 18.9 Å². The van der Waals surface area contributed by atoms with Crippen molar-refractivity contribution in [3.05, 3.63) is 90.0 Å². The Labute approximate surface area is 194 Å². The van der Waals surface area contributed by atoms with Gasteiger partial charge in [-0.3, -0.25) is 9.69 Å². The Kier molecular flexibility index (Phi) is 5.84. The fourth-order valence-corrected chi connectivity index (χ4v) is 4.39. The summed E-state index contributed by atoms with van der Waals surface area (Å²) in [7, 11) is 0. The van der Waals surface area contributed by atoms with E-state index < -0.39 is 0 Å². The summed E-state index contributed by atoms with van der Waals surface area (Å²) in [5, 5.41) is 6.76. The Hall–Kier alpha value is -3.64. The molecule has 3 aromatic rings. The lowest BCUT2D eigenvalue weighted by Crippen LogP contribution is -2.38. The average molecular weight is 441 g/mol. The molecule has 2 aliphatic rings. The van der Waals surface area contributed by atoms with E-state index >= 15 is 0 Å². The summed E-state index contributed by atoms with van der Waals surface area (Å²) in [6.07, 6.45) is -0.262. The SMILES string of the molecule is CC(=O)C1=NN(c2ccc(C)cc2)[C@H](c2ccccc2)N1c1ccc(N2CCOCC2)cc1. The van der Waals surface area contributed by atoms with Crippen molar-refractivity contribution >= 4 is 28.7 Å². The van der Waals surface area contributed by atoms with Crippen LogP contribution in [-0.2, 0) is 9.53 Å². The number of hydrazone groups is 1. The molecule has 0 aromatic heterocycles. The van der Waals surface area contributed by atoms with E-state index in [9.17, 15) is 4.79 Å². The number of hydrogen-bond donors (Lipinski definition) is 0. The number of aryl methyl sites for hydroxylation is 1. The molecule has 5 rings (SSSR count). The third kappa shape index (κ3) is 4.22. The van der Waals surface area contributed by atoms with E-state index in [2.05, 4.69) is 72.5 Å². The highest BCUT2D eigenvalue weighted by Crippen LogP contribution is 2.39. The molecule has 0 saturated carbocycles. The molecule has 2 aliphatic heterocycles. The van der Waals surface area contributed by atoms with E-state index in [1.165, 1.54) is 5.56 Å². The quantitative estimate of drug-likeness (QED) is 0.573. The molecule has 1 fully saturated rings. The van der Waals surface area contributed by atoms with Crippen LogP contribution in [0.25, 0.3) is 0 Å². The van der Waals surface area contributed by atoms with Crippen molar-refractivity contribution in [3.8, 4) is 0 Å². The number of rotatable bonds is 5. The first-order valence-electron chi connectivity index (χ1n) is 11.3. The van der Waals surface area contributed by atoms with E-state index in [1.54, 1.807) is 6.92 Å². The summed E-state index contributed by atoms with van der Waals surface area (Å²) in [6, 6.07) is 26.9. The second-order valence-electron chi connectivity index (χ2n) is 8.43. The summed E-state index contributed by atoms with van der Waals surface area (Å²) in [4.78, 5) is 17.1. The maximum atomic E-state index is 12.7. The summed E-state index contributed by atoms with van der Waals surface area (Å²) in [6.45, 7) is 6.91. The van der Waals surface area contributed by atoms with Gasteiger partial charge in [0, 0.05) is 31.4 Å². The molecule has 1 saturated heterocycles. The van der Waals surface area contributed by atoms with Gasteiger partial charge in [-0.2, -0.15) is 0 Å². The van der Waals surface area contributed by atoms with Crippen molar-refractivity contribution in [3.63, 3.8) is 0 Å². The molecule has 6 heteroatoms. The zero-order valence-electron chi connectivity index (χ0n) is 19.0. The van der Waals surface area contributed by atoms with Crippen LogP contribution in [0, 0.1) is 6.92 Å². The van der Waals surface area contributed by atoms with Crippen LogP contribution in [0.3, 0.4) is 0 Å². The molecule has 0 N–H and O–H groups in total. The van der Waals surface area contributed by atoms with Crippen LogP contribution in [0.4, 0.5) is 17.1 Å². The number of carbonyl (C=O) groups is 1. The molecular formula is C27H28N4O2. The predicted molar refractivity (Wildman–Crippen MR) is 133 cm³/mol. The molecule has 0 amide bonds. The third-order valence-corrected chi connectivity index (χ3v) is 6.12. The van der Waals surface area contributed by atoms with Gasteiger partial charge in [0.2, 0.25) is 0 Å². The first kappa shape index (κ1) is 21.2. The molecule has 3 aromatic carbocycles. The monoisotopic (exact) mass is 440 g/mol. The van der Waals surface area contributed by atoms with Crippen molar-refractivity contribution in [2.75, 3.05) is 41.1 Å². The Balaban J connectivity index is 1.56. The maximum Gasteiger partial charge on any atom is 0.198 e. The molecule has 33 heavy (non-hydrogen) atoms. The van der Waals surface area contributed by atoms with E-state index in [0.29, 0.717) is 5.84 Å². The van der Waals surface area contributed by atoms with Crippen LogP contribution in [0.15, 0.2) is 84.0 Å². The number of Topliss-reactive ketones (excluding diaryl/α,β-unsaturated/α-hetero) is 1. The van der Waals surface area contributed by atoms with Gasteiger partial charge < -0.3 is 9.64 Å². The largest absolute Gasteiger partial charge is 0.378 e. The Morgan fingerprint density at radius 2 is 1.45 bits per heavy atom. The average Bonchev–Trinajstić information content (AvgIpc) is 3.27. The topological polar surface area (TPSA) is 48.4 Å². The van der Waals surface area contributed by atoms with Gasteiger partial charge in [0.25, 0.3) is 0 Å². The van der Waals surface area contributed by atoms with Gasteiger partial charge in [0.1, 0.15) is 0 Å². The number of ether oxygens (including phenoxy) is 1. The van der Waals surface area contributed by atoms with Crippen LogP contribution in [0.1, 0.15) is 24.2 Å². The number of amidine groups is 1. The van der Waals surface area contributed by atoms with E-state index in [-0.39, 0.29) is 11.9 Å². The minimum absolute atomic E-state index is 0.0669. The normalized spacial score (nSPS) is 18.4. The van der Waals surface area contributed by atoms with E-state index in [0.717, 1.165) is 48.9 Å². The highest BCUT2D eigenvalue weighted by atomic mass is 16.5. The first-order chi connectivity index (χ1) is 16.1. The first-order valence-corrected chi connectivity index (χ1v) is 11.3. The highest BCUT2D eigenvalue weighted by molar-refractivity contribution is 6.44. The van der Waals surface area contributed by atoms with Crippen molar-refractivity contribution in [2.24, 2.45) is 5.10 Å². The second kappa shape index (κ2) is 9.08. The number of hydrogen-bond acceptors (Lipinski definition) is 6. The third-order valence-electron chi connectivity index (χ3n) is 6.12. The smallest absolute Gasteiger partial charge is 0.198 e. The molecule has 0 radical (unpaired) electrons. The lowest BCUT2D eigenvalue weighted by molar-refractivity contribution is -0.111. The summed E-state index contributed by atoms with van der Waals surface area (Å²) >= 11 is 0. The zero-order valence-corrected chi connectivity index (χ0v) is 19.0. The number of morpholine rings is 1. The fraction of sp³-hybridized carbons (Fsp3) is 0.259. The van der Waals surface area contributed by atoms with Crippen molar-refractivity contribution in [2.45, 2.75) is 20.0 Å². The molecule has 6 nitrogen and oxygen atoms in total. The van der Waals surface area contributed by atoms with E-state index in [1.807, 2.05) is 28.1 Å². The number of anilines is 3. The van der Waals surface area contributed by atoms with Crippen LogP contribution < -0.4 is 14.8 Å². The van der Waals surface area contributed by atoms with Crippen molar-refractivity contribution < 1.29 is 9.53 Å². The van der Waals surface area contributed by atoms with Gasteiger partial charge in [-0.1, -0.05) is 48.0 Å². The van der Waals surface area contributed by atoms with Gasteiger partial charge in [-0.15, -0.1) is 5.10 Å². The molecule has 2 heterocycles. The van der Waals surface area contributed by atoms with Crippen molar-refractivity contribution in [1.82, 2.24) is 0 Å². The Bertz CT molecular complexity index is 1140. The lowest BCUT2D eigenvalue weighted by atomic mass is 10.1.